The second-order valence-electron chi connectivity index (χ2n) is 3.56. The lowest BCUT2D eigenvalue weighted by Gasteiger charge is -2.13. The molecule has 15 heavy (non-hydrogen) atoms. The van der Waals surface area contributed by atoms with E-state index in [-0.39, 0.29) is 5.91 Å². The Balaban J connectivity index is 2.14. The molecule has 1 amide bonds. The molecule has 1 aliphatic rings. The second kappa shape index (κ2) is 3.05. The summed E-state index contributed by atoms with van der Waals surface area (Å²) in [6.07, 6.45) is 4.93. The molecule has 0 bridgehead atoms. The summed E-state index contributed by atoms with van der Waals surface area (Å²) in [4.78, 5) is 17.5. The maximum atomic E-state index is 11.6. The van der Waals surface area contributed by atoms with Crippen LogP contribution in [0.4, 0.5) is 5.82 Å². The summed E-state index contributed by atoms with van der Waals surface area (Å²) < 4.78 is 1.70. The van der Waals surface area contributed by atoms with Crippen LogP contribution in [-0.4, -0.2) is 27.0 Å². The smallest absolute Gasteiger partial charge is 0.228 e. The van der Waals surface area contributed by atoms with Gasteiger partial charge in [0.1, 0.15) is 0 Å². The lowest BCUT2D eigenvalue weighted by molar-refractivity contribution is -0.117. The van der Waals surface area contributed by atoms with Crippen LogP contribution in [-0.2, 0) is 4.79 Å². The Bertz CT molecular complexity index is 519. The van der Waals surface area contributed by atoms with E-state index in [9.17, 15) is 4.79 Å². The number of carbonyl (C=O) groups is 1. The zero-order valence-electron chi connectivity index (χ0n) is 8.13. The van der Waals surface area contributed by atoms with Gasteiger partial charge < -0.3 is 0 Å². The Morgan fingerprint density at radius 2 is 2.33 bits per heavy atom. The van der Waals surface area contributed by atoms with Crippen molar-refractivity contribution in [2.24, 2.45) is 0 Å². The van der Waals surface area contributed by atoms with E-state index >= 15 is 0 Å². The predicted molar refractivity (Wildman–Crippen MR) is 54.6 cm³/mol. The summed E-state index contributed by atoms with van der Waals surface area (Å²) in [5.74, 6) is 0.926. The van der Waals surface area contributed by atoms with E-state index in [1.54, 1.807) is 21.8 Å². The summed E-state index contributed by atoms with van der Waals surface area (Å²) in [5.41, 5.74) is 0.771. The van der Waals surface area contributed by atoms with Gasteiger partial charge >= 0.3 is 0 Å². The predicted octanol–water partition coefficient (Wildman–Crippen LogP) is 0.856. The number of carbonyl (C=O) groups excluding carboxylic acids is 1. The van der Waals surface area contributed by atoms with Gasteiger partial charge in [-0.25, -0.2) is 4.98 Å². The zero-order valence-corrected chi connectivity index (χ0v) is 8.13. The standard InChI is InChI=1S/C10H10N4O/c15-10-4-2-6-13(10)9-7-11-8-3-1-5-12-14(8)9/h1,3,5,7H,2,4,6H2. The molecule has 3 rings (SSSR count). The molecule has 0 saturated carbocycles. The van der Waals surface area contributed by atoms with Crippen LogP contribution >= 0.6 is 0 Å². The summed E-state index contributed by atoms with van der Waals surface area (Å²) in [5, 5.41) is 4.18. The van der Waals surface area contributed by atoms with Crippen molar-refractivity contribution in [1.29, 1.82) is 0 Å². The van der Waals surface area contributed by atoms with Crippen LogP contribution in [0.3, 0.4) is 0 Å². The number of rotatable bonds is 1. The van der Waals surface area contributed by atoms with E-state index in [1.807, 2.05) is 12.1 Å². The van der Waals surface area contributed by atoms with Crippen LogP contribution in [0.5, 0.6) is 0 Å². The van der Waals surface area contributed by atoms with Crippen molar-refractivity contribution < 1.29 is 4.79 Å². The fourth-order valence-electron chi connectivity index (χ4n) is 1.89. The number of imidazole rings is 1. The van der Waals surface area contributed by atoms with Gasteiger partial charge in [-0.05, 0) is 18.6 Å². The van der Waals surface area contributed by atoms with Gasteiger partial charge in [0, 0.05) is 19.2 Å². The minimum absolute atomic E-state index is 0.155. The molecule has 0 radical (unpaired) electrons. The first-order chi connectivity index (χ1) is 7.36. The van der Waals surface area contributed by atoms with Crippen molar-refractivity contribution in [3.63, 3.8) is 0 Å². The first kappa shape index (κ1) is 8.40. The van der Waals surface area contributed by atoms with Gasteiger partial charge in [-0.15, -0.1) is 0 Å². The van der Waals surface area contributed by atoms with E-state index in [2.05, 4.69) is 10.1 Å². The highest BCUT2D eigenvalue weighted by Gasteiger charge is 2.24. The molecule has 0 aromatic carbocycles. The SMILES string of the molecule is O=C1CCCN1c1cnc2cccnn12. The van der Waals surface area contributed by atoms with Gasteiger partial charge in [-0.3, -0.25) is 9.69 Å². The maximum Gasteiger partial charge on any atom is 0.228 e. The first-order valence-electron chi connectivity index (χ1n) is 4.95. The number of aromatic nitrogens is 3. The van der Waals surface area contributed by atoms with Crippen molar-refractivity contribution in [2.75, 3.05) is 11.4 Å². The molecule has 0 atom stereocenters. The molecular formula is C10H10N4O. The van der Waals surface area contributed by atoms with E-state index in [0.29, 0.717) is 6.42 Å². The molecule has 2 aromatic heterocycles. The Labute approximate surface area is 86.3 Å². The highest BCUT2D eigenvalue weighted by Crippen LogP contribution is 2.21. The summed E-state index contributed by atoms with van der Waals surface area (Å²) in [7, 11) is 0. The lowest BCUT2D eigenvalue weighted by Crippen LogP contribution is -2.25. The quantitative estimate of drug-likeness (QED) is 0.689. The monoisotopic (exact) mass is 202 g/mol. The Kier molecular flexibility index (Phi) is 1.71. The van der Waals surface area contributed by atoms with Crippen molar-refractivity contribution in [3.8, 4) is 0 Å². The van der Waals surface area contributed by atoms with Crippen LogP contribution in [0.25, 0.3) is 5.65 Å². The largest absolute Gasteiger partial charge is 0.295 e. The molecule has 1 saturated heterocycles. The van der Waals surface area contributed by atoms with Crippen LogP contribution < -0.4 is 4.90 Å². The van der Waals surface area contributed by atoms with Crippen LogP contribution in [0.1, 0.15) is 12.8 Å². The van der Waals surface area contributed by atoms with Gasteiger partial charge in [0.2, 0.25) is 5.91 Å². The van der Waals surface area contributed by atoms with E-state index in [4.69, 9.17) is 0 Å². The first-order valence-corrected chi connectivity index (χ1v) is 4.95. The molecule has 0 spiro atoms. The number of fused-ring (bicyclic) bond motifs is 1. The third kappa shape index (κ3) is 1.20. The average Bonchev–Trinajstić information content (AvgIpc) is 2.83. The number of anilines is 1. The third-order valence-corrected chi connectivity index (χ3v) is 2.61. The Morgan fingerprint density at radius 3 is 3.13 bits per heavy atom. The molecule has 76 valence electrons. The molecule has 2 aromatic rings. The molecular weight excluding hydrogens is 192 g/mol. The van der Waals surface area contributed by atoms with Crippen LogP contribution in [0.2, 0.25) is 0 Å². The fourth-order valence-corrected chi connectivity index (χ4v) is 1.89. The molecule has 0 unspecified atom stereocenters. The number of amides is 1. The lowest BCUT2D eigenvalue weighted by atomic mass is 10.4. The maximum absolute atomic E-state index is 11.6. The summed E-state index contributed by atoms with van der Waals surface area (Å²) in [6, 6.07) is 3.70. The molecule has 3 heterocycles. The average molecular weight is 202 g/mol. The number of hydrogen-bond donors (Lipinski definition) is 0. The normalized spacial score (nSPS) is 16.5. The molecule has 5 heteroatoms. The fraction of sp³-hybridized carbons (Fsp3) is 0.300. The molecule has 0 N–H and O–H groups in total. The minimum atomic E-state index is 0.155. The van der Waals surface area contributed by atoms with Gasteiger partial charge in [-0.1, -0.05) is 0 Å². The topological polar surface area (TPSA) is 50.5 Å². The summed E-state index contributed by atoms with van der Waals surface area (Å²) in [6.45, 7) is 0.767. The number of nitrogens with zero attached hydrogens (tertiary/aromatic N) is 4. The Morgan fingerprint density at radius 1 is 1.40 bits per heavy atom. The van der Waals surface area contributed by atoms with Crippen LogP contribution in [0, 0.1) is 0 Å². The molecule has 0 aliphatic carbocycles. The zero-order chi connectivity index (χ0) is 10.3. The van der Waals surface area contributed by atoms with Gasteiger partial charge in [0.25, 0.3) is 0 Å². The van der Waals surface area contributed by atoms with Crippen molar-refractivity contribution >= 4 is 17.4 Å². The second-order valence-corrected chi connectivity index (χ2v) is 3.56. The summed E-state index contributed by atoms with van der Waals surface area (Å²) >= 11 is 0. The van der Waals surface area contributed by atoms with Crippen molar-refractivity contribution in [3.05, 3.63) is 24.5 Å². The third-order valence-electron chi connectivity index (χ3n) is 2.61. The molecule has 1 aliphatic heterocycles. The van der Waals surface area contributed by atoms with Crippen LogP contribution in [0.15, 0.2) is 24.5 Å². The van der Waals surface area contributed by atoms with Gasteiger partial charge in [-0.2, -0.15) is 9.61 Å². The van der Waals surface area contributed by atoms with Crippen molar-refractivity contribution in [1.82, 2.24) is 14.6 Å². The van der Waals surface area contributed by atoms with E-state index < -0.39 is 0 Å². The Hall–Kier alpha value is -1.91. The molecule has 1 fully saturated rings. The highest BCUT2D eigenvalue weighted by atomic mass is 16.2. The van der Waals surface area contributed by atoms with E-state index in [0.717, 1.165) is 24.4 Å². The van der Waals surface area contributed by atoms with Gasteiger partial charge in [0.05, 0.1) is 6.20 Å². The minimum Gasteiger partial charge on any atom is -0.295 e. The van der Waals surface area contributed by atoms with Crippen molar-refractivity contribution in [2.45, 2.75) is 12.8 Å². The van der Waals surface area contributed by atoms with Gasteiger partial charge in [0.15, 0.2) is 11.5 Å². The molecule has 5 nitrogen and oxygen atoms in total. The highest BCUT2D eigenvalue weighted by molar-refractivity contribution is 5.94. The van der Waals surface area contributed by atoms with E-state index in [1.165, 1.54) is 0 Å². The number of hydrogen-bond acceptors (Lipinski definition) is 3.